The SMILES string of the molecule is CC(Cl)CCC(N)Cc1ccccc1. The van der Waals surface area contributed by atoms with E-state index in [4.69, 9.17) is 17.3 Å². The molecule has 0 aliphatic heterocycles. The second-order valence-electron chi connectivity index (χ2n) is 3.81. The predicted molar refractivity (Wildman–Crippen MR) is 62.7 cm³/mol. The first-order valence-corrected chi connectivity index (χ1v) is 5.55. The average Bonchev–Trinajstić information content (AvgIpc) is 2.16. The Balaban J connectivity index is 2.30. The molecule has 0 saturated heterocycles. The van der Waals surface area contributed by atoms with Crippen LogP contribution in [0.15, 0.2) is 30.3 Å². The minimum absolute atomic E-state index is 0.233. The van der Waals surface area contributed by atoms with Gasteiger partial charge in [0.15, 0.2) is 0 Å². The summed E-state index contributed by atoms with van der Waals surface area (Å²) in [5.41, 5.74) is 7.30. The Labute approximate surface area is 91.3 Å². The first-order chi connectivity index (χ1) is 6.68. The van der Waals surface area contributed by atoms with E-state index in [1.54, 1.807) is 0 Å². The zero-order valence-corrected chi connectivity index (χ0v) is 9.37. The van der Waals surface area contributed by atoms with Gasteiger partial charge in [-0.1, -0.05) is 30.3 Å². The number of hydrogen-bond donors (Lipinski definition) is 1. The standard InChI is InChI=1S/C12H18ClN/c1-10(13)7-8-12(14)9-11-5-3-2-4-6-11/h2-6,10,12H,7-9,14H2,1H3. The summed E-state index contributed by atoms with van der Waals surface area (Å²) in [5.74, 6) is 0. The highest BCUT2D eigenvalue weighted by Crippen LogP contribution is 2.09. The van der Waals surface area contributed by atoms with Gasteiger partial charge in [0, 0.05) is 11.4 Å². The minimum atomic E-state index is 0.233. The van der Waals surface area contributed by atoms with Crippen LogP contribution >= 0.6 is 11.6 Å². The van der Waals surface area contributed by atoms with Gasteiger partial charge in [0.25, 0.3) is 0 Å². The van der Waals surface area contributed by atoms with Crippen LogP contribution in [0.25, 0.3) is 0 Å². The topological polar surface area (TPSA) is 26.0 Å². The maximum absolute atomic E-state index is 6.00. The maximum Gasteiger partial charge on any atom is 0.0308 e. The van der Waals surface area contributed by atoms with Crippen LogP contribution in [-0.4, -0.2) is 11.4 Å². The Morgan fingerprint density at radius 3 is 2.43 bits per heavy atom. The Morgan fingerprint density at radius 1 is 1.21 bits per heavy atom. The number of hydrogen-bond acceptors (Lipinski definition) is 1. The van der Waals surface area contributed by atoms with Gasteiger partial charge in [-0.25, -0.2) is 0 Å². The van der Waals surface area contributed by atoms with Gasteiger partial charge in [0.05, 0.1) is 0 Å². The van der Waals surface area contributed by atoms with Crippen LogP contribution in [0.3, 0.4) is 0 Å². The van der Waals surface area contributed by atoms with Crippen molar-refractivity contribution in [2.24, 2.45) is 5.73 Å². The van der Waals surface area contributed by atoms with Crippen molar-refractivity contribution in [3.63, 3.8) is 0 Å². The molecule has 2 unspecified atom stereocenters. The van der Waals surface area contributed by atoms with Crippen LogP contribution in [0, 0.1) is 0 Å². The van der Waals surface area contributed by atoms with E-state index in [9.17, 15) is 0 Å². The van der Waals surface area contributed by atoms with Crippen LogP contribution in [0.5, 0.6) is 0 Å². The fraction of sp³-hybridized carbons (Fsp3) is 0.500. The van der Waals surface area contributed by atoms with E-state index in [0.29, 0.717) is 0 Å². The number of alkyl halides is 1. The predicted octanol–water partition coefficient (Wildman–Crippen LogP) is 2.96. The maximum atomic E-state index is 6.00. The molecule has 0 aliphatic carbocycles. The van der Waals surface area contributed by atoms with Gasteiger partial charge in [0.2, 0.25) is 0 Å². The molecule has 0 radical (unpaired) electrons. The van der Waals surface area contributed by atoms with E-state index < -0.39 is 0 Å². The van der Waals surface area contributed by atoms with Gasteiger partial charge in [-0.3, -0.25) is 0 Å². The second-order valence-corrected chi connectivity index (χ2v) is 4.55. The minimum Gasteiger partial charge on any atom is -0.327 e. The molecule has 0 amide bonds. The van der Waals surface area contributed by atoms with Gasteiger partial charge in [-0.15, -0.1) is 11.6 Å². The fourth-order valence-corrected chi connectivity index (χ4v) is 1.59. The van der Waals surface area contributed by atoms with Crippen molar-refractivity contribution in [1.29, 1.82) is 0 Å². The lowest BCUT2D eigenvalue weighted by Gasteiger charge is -2.12. The summed E-state index contributed by atoms with van der Waals surface area (Å²) in [5, 5.41) is 0.233. The number of halogens is 1. The zero-order chi connectivity index (χ0) is 10.4. The summed E-state index contributed by atoms with van der Waals surface area (Å²) < 4.78 is 0. The number of benzene rings is 1. The Kier molecular flexibility index (Phi) is 4.99. The molecule has 1 aromatic carbocycles. The molecule has 0 aromatic heterocycles. The molecule has 14 heavy (non-hydrogen) atoms. The third-order valence-electron chi connectivity index (χ3n) is 2.28. The molecule has 2 N–H and O–H groups in total. The largest absolute Gasteiger partial charge is 0.327 e. The Hall–Kier alpha value is -0.530. The van der Waals surface area contributed by atoms with Crippen LogP contribution in [-0.2, 0) is 6.42 Å². The average molecular weight is 212 g/mol. The van der Waals surface area contributed by atoms with Gasteiger partial charge in [-0.2, -0.15) is 0 Å². The smallest absolute Gasteiger partial charge is 0.0308 e. The lowest BCUT2D eigenvalue weighted by atomic mass is 10.0. The van der Waals surface area contributed by atoms with Crippen molar-refractivity contribution in [1.82, 2.24) is 0 Å². The summed E-state index contributed by atoms with van der Waals surface area (Å²) in [6, 6.07) is 10.6. The van der Waals surface area contributed by atoms with Crippen molar-refractivity contribution in [2.45, 2.75) is 37.6 Å². The summed E-state index contributed by atoms with van der Waals surface area (Å²) in [7, 11) is 0. The van der Waals surface area contributed by atoms with Gasteiger partial charge >= 0.3 is 0 Å². The molecule has 0 fully saturated rings. The van der Waals surface area contributed by atoms with Crippen molar-refractivity contribution in [2.75, 3.05) is 0 Å². The molecule has 1 rings (SSSR count). The first kappa shape index (κ1) is 11.5. The van der Waals surface area contributed by atoms with Gasteiger partial charge in [0.1, 0.15) is 0 Å². The van der Waals surface area contributed by atoms with E-state index in [1.165, 1.54) is 5.56 Å². The molecule has 1 nitrogen and oxygen atoms in total. The Bertz CT molecular complexity index is 246. The third-order valence-corrected chi connectivity index (χ3v) is 2.49. The monoisotopic (exact) mass is 211 g/mol. The van der Waals surface area contributed by atoms with Crippen molar-refractivity contribution < 1.29 is 0 Å². The molecule has 78 valence electrons. The second kappa shape index (κ2) is 6.05. The van der Waals surface area contributed by atoms with Crippen molar-refractivity contribution in [3.05, 3.63) is 35.9 Å². The number of rotatable bonds is 5. The van der Waals surface area contributed by atoms with E-state index in [-0.39, 0.29) is 11.4 Å². The summed E-state index contributed by atoms with van der Waals surface area (Å²) >= 11 is 5.87. The molecule has 1 aromatic rings. The Morgan fingerprint density at radius 2 is 1.86 bits per heavy atom. The lowest BCUT2D eigenvalue weighted by Crippen LogP contribution is -2.23. The van der Waals surface area contributed by atoms with Gasteiger partial charge < -0.3 is 5.73 Å². The van der Waals surface area contributed by atoms with Crippen LogP contribution in [0.1, 0.15) is 25.3 Å². The molecular weight excluding hydrogens is 194 g/mol. The molecule has 0 spiro atoms. The van der Waals surface area contributed by atoms with E-state index in [2.05, 4.69) is 12.1 Å². The van der Waals surface area contributed by atoms with Crippen LogP contribution in [0.2, 0.25) is 0 Å². The van der Waals surface area contributed by atoms with Crippen molar-refractivity contribution >= 4 is 11.6 Å². The van der Waals surface area contributed by atoms with E-state index in [1.807, 2.05) is 25.1 Å². The van der Waals surface area contributed by atoms with Crippen molar-refractivity contribution in [3.8, 4) is 0 Å². The summed E-state index contributed by atoms with van der Waals surface area (Å²) in [4.78, 5) is 0. The number of nitrogens with two attached hydrogens (primary N) is 1. The highest BCUT2D eigenvalue weighted by Gasteiger charge is 2.05. The third kappa shape index (κ3) is 4.64. The molecule has 0 bridgehead atoms. The summed E-state index contributed by atoms with van der Waals surface area (Å²) in [6.45, 7) is 2.01. The molecule has 0 heterocycles. The fourth-order valence-electron chi connectivity index (χ4n) is 1.46. The zero-order valence-electron chi connectivity index (χ0n) is 8.62. The molecule has 2 heteroatoms. The molecule has 2 atom stereocenters. The molecule has 0 aliphatic rings. The molecular formula is C12H18ClN. The summed E-state index contributed by atoms with van der Waals surface area (Å²) in [6.07, 6.45) is 2.94. The molecule has 0 saturated carbocycles. The van der Waals surface area contributed by atoms with Gasteiger partial charge in [-0.05, 0) is 31.7 Å². The normalized spacial score (nSPS) is 15.1. The van der Waals surface area contributed by atoms with Crippen LogP contribution in [0.4, 0.5) is 0 Å². The first-order valence-electron chi connectivity index (χ1n) is 5.12. The highest BCUT2D eigenvalue weighted by atomic mass is 35.5. The quantitative estimate of drug-likeness (QED) is 0.745. The lowest BCUT2D eigenvalue weighted by molar-refractivity contribution is 0.577. The van der Waals surface area contributed by atoms with E-state index >= 15 is 0 Å². The van der Waals surface area contributed by atoms with Crippen LogP contribution < -0.4 is 5.73 Å². The highest BCUT2D eigenvalue weighted by molar-refractivity contribution is 6.20. The van der Waals surface area contributed by atoms with E-state index in [0.717, 1.165) is 19.3 Å².